The number of hydrogen-bond donors (Lipinski definition) is 2. The SMILES string of the molecule is CCNc1cc2c(cc1C)C1(c3ccccc3CN1c1ccc(C(F)(F)F)cc1)c1cc(C)c(NCC)cc1O2. The largest absolute Gasteiger partial charge is 0.456 e. The number of aryl methyl sites for hydroxylation is 2. The van der Waals surface area contributed by atoms with Crippen LogP contribution in [0.3, 0.4) is 0 Å². The van der Waals surface area contributed by atoms with Crippen LogP contribution in [0.2, 0.25) is 0 Å². The Morgan fingerprint density at radius 3 is 1.85 bits per heavy atom. The number of nitrogens with zero attached hydrogens (tertiary/aromatic N) is 1. The molecule has 0 fully saturated rings. The molecule has 0 unspecified atom stereocenters. The molecule has 0 saturated carbocycles. The van der Waals surface area contributed by atoms with Gasteiger partial charge in [-0.2, -0.15) is 13.2 Å². The second kappa shape index (κ2) is 9.51. The molecule has 0 radical (unpaired) electrons. The van der Waals surface area contributed by atoms with Crippen LogP contribution in [0.25, 0.3) is 0 Å². The van der Waals surface area contributed by atoms with Crippen molar-refractivity contribution in [3.8, 4) is 11.5 Å². The van der Waals surface area contributed by atoms with Crippen molar-refractivity contribution in [2.75, 3.05) is 28.6 Å². The molecule has 0 amide bonds. The highest BCUT2D eigenvalue weighted by Gasteiger charge is 2.53. The lowest BCUT2D eigenvalue weighted by atomic mass is 9.73. The summed E-state index contributed by atoms with van der Waals surface area (Å²) in [6.07, 6.45) is -4.40. The molecule has 6 rings (SSSR count). The van der Waals surface area contributed by atoms with Gasteiger partial charge in [0.1, 0.15) is 17.0 Å². The maximum atomic E-state index is 13.5. The second-order valence-electron chi connectivity index (χ2n) is 10.5. The minimum atomic E-state index is -4.40. The maximum absolute atomic E-state index is 13.5. The number of halogens is 3. The molecule has 4 aromatic carbocycles. The van der Waals surface area contributed by atoms with Crippen molar-refractivity contribution in [3.63, 3.8) is 0 Å². The van der Waals surface area contributed by atoms with Crippen LogP contribution in [0.1, 0.15) is 52.8 Å². The molecule has 7 heteroatoms. The first kappa shape index (κ1) is 26.1. The minimum Gasteiger partial charge on any atom is -0.456 e. The Labute approximate surface area is 232 Å². The van der Waals surface area contributed by atoms with E-state index in [4.69, 9.17) is 4.74 Å². The third-order valence-electron chi connectivity index (χ3n) is 8.03. The van der Waals surface area contributed by atoms with E-state index in [0.717, 1.165) is 69.3 Å². The van der Waals surface area contributed by atoms with Gasteiger partial charge in [-0.1, -0.05) is 24.3 Å². The Balaban J connectivity index is 1.68. The maximum Gasteiger partial charge on any atom is 0.416 e. The summed E-state index contributed by atoms with van der Waals surface area (Å²) in [5.74, 6) is 1.46. The molecule has 2 heterocycles. The quantitative estimate of drug-likeness (QED) is 0.264. The summed E-state index contributed by atoms with van der Waals surface area (Å²) in [5.41, 5.74) is 7.56. The summed E-state index contributed by atoms with van der Waals surface area (Å²) >= 11 is 0. The van der Waals surface area contributed by atoms with E-state index >= 15 is 0 Å². The molecule has 0 bridgehead atoms. The average Bonchev–Trinajstić information content (AvgIpc) is 3.26. The molecule has 4 aromatic rings. The molecule has 40 heavy (non-hydrogen) atoms. The molecular formula is C33H32F3N3O. The van der Waals surface area contributed by atoms with E-state index in [2.05, 4.69) is 79.6 Å². The van der Waals surface area contributed by atoms with Gasteiger partial charge < -0.3 is 20.3 Å². The number of benzene rings is 4. The number of ether oxygens (including phenoxy) is 1. The number of hydrogen-bond acceptors (Lipinski definition) is 4. The van der Waals surface area contributed by atoms with Crippen molar-refractivity contribution in [1.82, 2.24) is 0 Å². The Kier molecular flexibility index (Phi) is 6.21. The van der Waals surface area contributed by atoms with Gasteiger partial charge in [-0.25, -0.2) is 0 Å². The zero-order valence-corrected chi connectivity index (χ0v) is 23.0. The number of anilines is 3. The van der Waals surface area contributed by atoms with Crippen LogP contribution in [-0.4, -0.2) is 13.1 Å². The van der Waals surface area contributed by atoms with Gasteiger partial charge in [-0.3, -0.25) is 0 Å². The van der Waals surface area contributed by atoms with Crippen molar-refractivity contribution in [3.05, 3.63) is 112 Å². The number of rotatable bonds is 5. The molecule has 0 aromatic heterocycles. The van der Waals surface area contributed by atoms with Gasteiger partial charge in [0, 0.05) is 60.0 Å². The van der Waals surface area contributed by atoms with Crippen molar-refractivity contribution in [2.45, 2.75) is 46.0 Å². The van der Waals surface area contributed by atoms with Gasteiger partial charge in [0.05, 0.1) is 5.56 Å². The van der Waals surface area contributed by atoms with E-state index in [1.807, 2.05) is 12.1 Å². The monoisotopic (exact) mass is 543 g/mol. The van der Waals surface area contributed by atoms with E-state index in [1.165, 1.54) is 12.1 Å². The standard InChI is InChI=1S/C33H32F3N3O/c1-5-37-28-17-30-26(15-20(28)3)32(27-16-21(4)29(38-6-2)18-31(27)40-30)25-10-8-7-9-22(25)19-39(32)24-13-11-23(12-14-24)33(34,35)36/h7-18,37-38H,5-6,19H2,1-4H3. The molecular weight excluding hydrogens is 511 g/mol. The van der Waals surface area contributed by atoms with E-state index in [1.54, 1.807) is 12.1 Å². The Bertz CT molecular complexity index is 1530. The fourth-order valence-electron chi connectivity index (χ4n) is 6.28. The van der Waals surface area contributed by atoms with Crippen LogP contribution in [0.5, 0.6) is 11.5 Å². The number of nitrogens with one attached hydrogen (secondary N) is 2. The van der Waals surface area contributed by atoms with Crippen molar-refractivity contribution < 1.29 is 17.9 Å². The molecule has 0 saturated heterocycles. The predicted octanol–water partition coefficient (Wildman–Crippen LogP) is 8.60. The van der Waals surface area contributed by atoms with Gasteiger partial charge in [-0.05, 0) is 86.3 Å². The van der Waals surface area contributed by atoms with Gasteiger partial charge in [0.25, 0.3) is 0 Å². The van der Waals surface area contributed by atoms with Crippen molar-refractivity contribution >= 4 is 17.1 Å². The summed E-state index contributed by atoms with van der Waals surface area (Å²) in [6.45, 7) is 10.3. The second-order valence-corrected chi connectivity index (χ2v) is 10.5. The summed E-state index contributed by atoms with van der Waals surface area (Å²) in [5, 5.41) is 6.88. The summed E-state index contributed by atoms with van der Waals surface area (Å²) in [7, 11) is 0. The molecule has 4 nitrogen and oxygen atoms in total. The third kappa shape index (κ3) is 3.90. The third-order valence-corrected chi connectivity index (χ3v) is 8.03. The lowest BCUT2D eigenvalue weighted by Gasteiger charge is -2.46. The smallest absolute Gasteiger partial charge is 0.416 e. The van der Waals surface area contributed by atoms with Gasteiger partial charge >= 0.3 is 6.18 Å². The zero-order valence-electron chi connectivity index (χ0n) is 23.0. The molecule has 1 spiro atoms. The molecule has 0 aliphatic carbocycles. The van der Waals surface area contributed by atoms with Crippen LogP contribution in [-0.2, 0) is 18.3 Å². The van der Waals surface area contributed by atoms with E-state index in [9.17, 15) is 13.2 Å². The average molecular weight is 544 g/mol. The Morgan fingerprint density at radius 2 is 1.32 bits per heavy atom. The van der Waals surface area contributed by atoms with Gasteiger partial charge in [-0.15, -0.1) is 0 Å². The summed E-state index contributed by atoms with van der Waals surface area (Å²) < 4.78 is 47.2. The van der Waals surface area contributed by atoms with Crippen LogP contribution >= 0.6 is 0 Å². The lowest BCUT2D eigenvalue weighted by Crippen LogP contribution is -2.45. The van der Waals surface area contributed by atoms with Crippen LogP contribution < -0.4 is 20.3 Å². The highest BCUT2D eigenvalue weighted by Crippen LogP contribution is 2.59. The van der Waals surface area contributed by atoms with Gasteiger partial charge in [0.2, 0.25) is 0 Å². The van der Waals surface area contributed by atoms with Crippen LogP contribution in [0, 0.1) is 13.8 Å². The lowest BCUT2D eigenvalue weighted by molar-refractivity contribution is -0.137. The van der Waals surface area contributed by atoms with Crippen LogP contribution in [0.4, 0.5) is 30.2 Å². The predicted molar refractivity (Wildman–Crippen MR) is 155 cm³/mol. The van der Waals surface area contributed by atoms with Crippen LogP contribution in [0.15, 0.2) is 72.8 Å². The fourth-order valence-corrected chi connectivity index (χ4v) is 6.28. The summed E-state index contributed by atoms with van der Waals surface area (Å²) in [4.78, 5) is 2.23. The van der Waals surface area contributed by atoms with E-state index < -0.39 is 17.3 Å². The number of fused-ring (bicyclic) bond motifs is 6. The Morgan fingerprint density at radius 1 is 0.775 bits per heavy atom. The first-order valence-electron chi connectivity index (χ1n) is 13.7. The fraction of sp³-hybridized carbons (Fsp3) is 0.273. The minimum absolute atomic E-state index is 0.544. The highest BCUT2D eigenvalue weighted by atomic mass is 19.4. The first-order valence-corrected chi connectivity index (χ1v) is 13.7. The molecule has 0 atom stereocenters. The Hall–Kier alpha value is -4.13. The van der Waals surface area contributed by atoms with Crippen molar-refractivity contribution in [1.29, 1.82) is 0 Å². The van der Waals surface area contributed by atoms with Gasteiger partial charge in [0.15, 0.2) is 0 Å². The zero-order chi connectivity index (χ0) is 28.2. The normalized spacial score (nSPS) is 14.8. The molecule has 2 aliphatic rings. The van der Waals surface area contributed by atoms with E-state index in [0.29, 0.717) is 12.2 Å². The highest BCUT2D eigenvalue weighted by molar-refractivity contribution is 5.77. The molecule has 2 N–H and O–H groups in total. The molecule has 2 aliphatic heterocycles. The van der Waals surface area contributed by atoms with Crippen molar-refractivity contribution in [2.24, 2.45) is 0 Å². The van der Waals surface area contributed by atoms with E-state index in [-0.39, 0.29) is 0 Å². The topological polar surface area (TPSA) is 36.5 Å². The first-order chi connectivity index (χ1) is 19.2. The summed E-state index contributed by atoms with van der Waals surface area (Å²) in [6, 6.07) is 22.3. The number of alkyl halides is 3. The molecule has 206 valence electrons.